The van der Waals surface area contributed by atoms with E-state index in [0.29, 0.717) is 5.69 Å². The van der Waals surface area contributed by atoms with Gasteiger partial charge >= 0.3 is 0 Å². The molecule has 28 heavy (non-hydrogen) atoms. The third kappa shape index (κ3) is 3.57. The van der Waals surface area contributed by atoms with Crippen molar-refractivity contribution in [3.05, 3.63) is 53.3 Å². The van der Waals surface area contributed by atoms with Crippen LogP contribution in [0.25, 0.3) is 0 Å². The number of ether oxygens (including phenoxy) is 1. The van der Waals surface area contributed by atoms with Gasteiger partial charge in [0.1, 0.15) is 12.3 Å². The van der Waals surface area contributed by atoms with Crippen LogP contribution < -0.4 is 10.7 Å². The molecule has 0 bridgehead atoms. The molecule has 0 saturated carbocycles. The molecule has 1 fully saturated rings. The first-order valence-electron chi connectivity index (χ1n) is 9.68. The molecule has 0 spiro atoms. The van der Waals surface area contributed by atoms with Crippen molar-refractivity contribution in [3.8, 4) is 0 Å². The highest BCUT2D eigenvalue weighted by atomic mass is 19.3. The number of aromatic nitrogens is 1. The Balaban J connectivity index is 1.71. The number of nitrogens with two attached hydrogens (primary N) is 1. The second-order valence-electron chi connectivity index (χ2n) is 7.17. The average molecular weight is 389 g/mol. The monoisotopic (exact) mass is 389 g/mol. The first-order valence-corrected chi connectivity index (χ1v) is 9.10. The van der Waals surface area contributed by atoms with Crippen LogP contribution in [0.1, 0.15) is 35.8 Å². The number of nitrogens with zero attached hydrogens (tertiary/aromatic N) is 3. The molecule has 2 N–H and O–H groups in total. The second kappa shape index (κ2) is 7.10. The summed E-state index contributed by atoms with van der Waals surface area (Å²) in [5, 5.41) is 3.61. The molecule has 0 aliphatic carbocycles. The number of carbonyl (C=O) groups excluding carboxylic acids is 1. The van der Waals surface area contributed by atoms with Crippen LogP contribution in [0.5, 0.6) is 0 Å². The third-order valence-electron chi connectivity index (χ3n) is 5.02. The van der Waals surface area contributed by atoms with E-state index in [0.717, 1.165) is 16.8 Å². The molecule has 1 unspecified atom stereocenters. The Labute approximate surface area is 163 Å². The molecule has 4 rings (SSSR count). The number of primary amides is 1. The van der Waals surface area contributed by atoms with Crippen molar-refractivity contribution in [2.45, 2.75) is 38.3 Å². The number of carbonyl (C=O) groups is 1. The zero-order chi connectivity index (χ0) is 20.8. The SMILES string of the molecule is [2H]C1c2cccc(C)c2N(c2ccnc(C(N)=O)c2)N1C[C@@H]1CCC(F)(F)CO1. The zero-order valence-corrected chi connectivity index (χ0v) is 15.4. The van der Waals surface area contributed by atoms with E-state index >= 15 is 0 Å². The van der Waals surface area contributed by atoms with E-state index in [9.17, 15) is 13.6 Å². The number of alkyl halides is 2. The van der Waals surface area contributed by atoms with E-state index in [1.807, 2.05) is 30.1 Å². The summed E-state index contributed by atoms with van der Waals surface area (Å²) in [6.45, 7) is 0.866. The average Bonchev–Trinajstić information content (AvgIpc) is 2.97. The fourth-order valence-corrected chi connectivity index (χ4v) is 3.64. The minimum atomic E-state index is -2.80. The maximum Gasteiger partial charge on any atom is 0.271 e. The van der Waals surface area contributed by atoms with Gasteiger partial charge in [-0.05, 0) is 36.6 Å². The Bertz CT molecular complexity index is 932. The summed E-state index contributed by atoms with van der Waals surface area (Å²) in [5.74, 6) is -3.45. The van der Waals surface area contributed by atoms with Crippen LogP contribution in [-0.2, 0) is 11.3 Å². The predicted molar refractivity (Wildman–Crippen MR) is 100 cm³/mol. The lowest BCUT2D eigenvalue weighted by Gasteiger charge is -2.36. The van der Waals surface area contributed by atoms with Crippen molar-refractivity contribution in [2.24, 2.45) is 5.73 Å². The summed E-state index contributed by atoms with van der Waals surface area (Å²) in [5.41, 5.74) is 8.70. The van der Waals surface area contributed by atoms with Gasteiger partial charge in [-0.15, -0.1) is 0 Å². The van der Waals surface area contributed by atoms with Crippen LogP contribution >= 0.6 is 0 Å². The lowest BCUT2D eigenvalue weighted by Crippen LogP contribution is -2.44. The van der Waals surface area contributed by atoms with Crippen molar-refractivity contribution in [1.29, 1.82) is 0 Å². The highest BCUT2D eigenvalue weighted by Gasteiger charge is 2.38. The van der Waals surface area contributed by atoms with Gasteiger partial charge < -0.3 is 10.5 Å². The maximum absolute atomic E-state index is 13.5. The fourth-order valence-electron chi connectivity index (χ4n) is 3.64. The van der Waals surface area contributed by atoms with Gasteiger partial charge in [0.25, 0.3) is 11.8 Å². The number of amides is 1. The molecule has 148 valence electrons. The number of aryl methyl sites for hydroxylation is 1. The van der Waals surface area contributed by atoms with E-state index < -0.39 is 31.1 Å². The smallest absolute Gasteiger partial charge is 0.271 e. The van der Waals surface area contributed by atoms with Gasteiger partial charge in [0.05, 0.1) is 18.8 Å². The minimum absolute atomic E-state index is 0.111. The van der Waals surface area contributed by atoms with Gasteiger partial charge in [-0.25, -0.2) is 13.8 Å². The number of hydrazine groups is 1. The van der Waals surface area contributed by atoms with E-state index in [1.54, 1.807) is 17.1 Å². The molecule has 2 aromatic rings. The number of halogens is 2. The van der Waals surface area contributed by atoms with Crippen molar-refractivity contribution in [2.75, 3.05) is 18.2 Å². The second-order valence-corrected chi connectivity index (χ2v) is 7.17. The molecule has 6 nitrogen and oxygen atoms in total. The van der Waals surface area contributed by atoms with Crippen molar-refractivity contribution in [1.82, 2.24) is 9.99 Å². The maximum atomic E-state index is 13.5. The van der Waals surface area contributed by atoms with Crippen LogP contribution in [0.15, 0.2) is 36.5 Å². The summed E-state index contributed by atoms with van der Waals surface area (Å²) in [6, 6.07) is 8.99. The summed E-state index contributed by atoms with van der Waals surface area (Å²) < 4.78 is 41.1. The number of fused-ring (bicyclic) bond motifs is 1. The molecule has 0 radical (unpaired) electrons. The van der Waals surface area contributed by atoms with Crippen LogP contribution in [0.4, 0.5) is 20.2 Å². The third-order valence-corrected chi connectivity index (χ3v) is 5.02. The summed E-state index contributed by atoms with van der Waals surface area (Å²) in [6.07, 6.45) is 1.04. The molecule has 2 aliphatic heterocycles. The van der Waals surface area contributed by atoms with Gasteiger partial charge in [-0.1, -0.05) is 18.2 Å². The lowest BCUT2D eigenvalue weighted by molar-refractivity contribution is -0.148. The van der Waals surface area contributed by atoms with E-state index in [1.165, 1.54) is 6.20 Å². The highest BCUT2D eigenvalue weighted by molar-refractivity contribution is 5.92. The normalized spacial score (nSPS) is 24.7. The van der Waals surface area contributed by atoms with Gasteiger partial charge in [0, 0.05) is 25.7 Å². The van der Waals surface area contributed by atoms with Crippen molar-refractivity contribution >= 4 is 17.3 Å². The fraction of sp³-hybridized carbons (Fsp3) is 0.400. The summed E-state index contributed by atoms with van der Waals surface area (Å²) in [7, 11) is 0. The van der Waals surface area contributed by atoms with Gasteiger partial charge in [0.2, 0.25) is 0 Å². The van der Waals surface area contributed by atoms with Crippen LogP contribution in [-0.4, -0.2) is 41.1 Å². The Morgan fingerprint density at radius 1 is 1.46 bits per heavy atom. The molecule has 8 heteroatoms. The first kappa shape index (κ1) is 17.5. The molecule has 1 saturated heterocycles. The number of pyridine rings is 1. The first-order chi connectivity index (χ1) is 13.8. The van der Waals surface area contributed by atoms with E-state index in [2.05, 4.69) is 4.98 Å². The van der Waals surface area contributed by atoms with Gasteiger partial charge in [-0.2, -0.15) is 0 Å². The molecule has 3 heterocycles. The number of hydrogen-bond acceptors (Lipinski definition) is 5. The summed E-state index contributed by atoms with van der Waals surface area (Å²) >= 11 is 0. The van der Waals surface area contributed by atoms with Crippen LogP contribution in [0.2, 0.25) is 0 Å². The molecule has 2 atom stereocenters. The molecular weight excluding hydrogens is 366 g/mol. The highest BCUT2D eigenvalue weighted by Crippen LogP contribution is 2.40. The Morgan fingerprint density at radius 3 is 3.00 bits per heavy atom. The Morgan fingerprint density at radius 2 is 2.29 bits per heavy atom. The Kier molecular flexibility index (Phi) is 4.44. The van der Waals surface area contributed by atoms with Crippen LogP contribution in [0, 0.1) is 6.92 Å². The topological polar surface area (TPSA) is 71.7 Å². The number of rotatable bonds is 4. The van der Waals surface area contributed by atoms with E-state index in [-0.39, 0.29) is 25.1 Å². The van der Waals surface area contributed by atoms with Crippen molar-refractivity contribution in [3.63, 3.8) is 0 Å². The van der Waals surface area contributed by atoms with Gasteiger partial charge in [0.15, 0.2) is 0 Å². The zero-order valence-electron chi connectivity index (χ0n) is 16.4. The minimum Gasteiger partial charge on any atom is -0.371 e. The standard InChI is InChI=1S/C20H22F2N4O2/c1-13-3-2-4-14-10-25(11-16-5-7-20(21,22)12-28-16)26(18(13)14)15-6-8-24-17(9-15)19(23)27/h2-4,6,8-9,16H,5,7,10-12H2,1H3,(H2,23,27)/t16-/m0/s1/i10D/t10?,16-. The molecular formula is C20H22F2N4O2. The predicted octanol–water partition coefficient (Wildman–Crippen LogP) is 3.17. The lowest BCUT2D eigenvalue weighted by atomic mass is 10.1. The molecule has 2 aliphatic rings. The molecule has 1 aromatic heterocycles. The van der Waals surface area contributed by atoms with E-state index in [4.69, 9.17) is 11.8 Å². The Hall–Kier alpha value is -2.58. The summed E-state index contributed by atoms with van der Waals surface area (Å²) in [4.78, 5) is 15.6. The number of benzene rings is 1. The molecule has 1 aromatic carbocycles. The quantitative estimate of drug-likeness (QED) is 0.870. The number of para-hydroxylation sites is 1. The number of hydrogen-bond donors (Lipinski definition) is 1. The van der Waals surface area contributed by atoms with Gasteiger partial charge in [-0.3, -0.25) is 14.8 Å². The molecule has 1 amide bonds. The largest absolute Gasteiger partial charge is 0.371 e. The van der Waals surface area contributed by atoms with Crippen molar-refractivity contribution < 1.29 is 19.7 Å². The number of anilines is 2. The van der Waals surface area contributed by atoms with Crippen LogP contribution in [0.3, 0.4) is 0 Å².